The normalized spacial score (nSPS) is 16.9. The van der Waals surface area contributed by atoms with Crippen molar-refractivity contribution in [1.82, 2.24) is 5.32 Å². The van der Waals surface area contributed by atoms with Crippen LogP contribution < -0.4 is 5.32 Å². The minimum atomic E-state index is -0.525. The standard InChI is InChI=1S/C12H21NO4S/c1-11(2,3)17-10(15)13-12(5-6-12)8-16-9(14)4-7-18/h18H,4-8H2,1-3H3,(H,13,15). The summed E-state index contributed by atoms with van der Waals surface area (Å²) in [5.41, 5.74) is -0.947. The second kappa shape index (κ2) is 5.82. The summed E-state index contributed by atoms with van der Waals surface area (Å²) < 4.78 is 10.2. The monoisotopic (exact) mass is 275 g/mol. The summed E-state index contributed by atoms with van der Waals surface area (Å²) in [5.74, 6) is 0.174. The largest absolute Gasteiger partial charge is 0.463 e. The molecule has 1 aliphatic rings. The molecule has 1 rings (SSSR count). The molecule has 1 aliphatic carbocycles. The van der Waals surface area contributed by atoms with E-state index in [-0.39, 0.29) is 19.0 Å². The van der Waals surface area contributed by atoms with Crippen molar-refractivity contribution in [3.05, 3.63) is 0 Å². The van der Waals surface area contributed by atoms with Gasteiger partial charge in [0, 0.05) is 5.75 Å². The van der Waals surface area contributed by atoms with Crippen molar-refractivity contribution < 1.29 is 19.1 Å². The number of ether oxygens (including phenoxy) is 2. The summed E-state index contributed by atoms with van der Waals surface area (Å²) in [7, 11) is 0. The van der Waals surface area contributed by atoms with Crippen molar-refractivity contribution in [3.8, 4) is 0 Å². The van der Waals surface area contributed by atoms with Crippen molar-refractivity contribution in [3.63, 3.8) is 0 Å². The second-order valence-electron chi connectivity index (χ2n) is 5.54. The third-order valence-corrected chi connectivity index (χ3v) is 2.67. The molecule has 0 aliphatic heterocycles. The second-order valence-corrected chi connectivity index (χ2v) is 5.99. The van der Waals surface area contributed by atoms with Crippen LogP contribution in [-0.4, -0.2) is 35.6 Å². The van der Waals surface area contributed by atoms with E-state index in [1.807, 2.05) is 0 Å². The molecule has 0 aromatic carbocycles. The first-order chi connectivity index (χ1) is 8.26. The number of thiol groups is 1. The van der Waals surface area contributed by atoms with Gasteiger partial charge in [0.25, 0.3) is 0 Å². The summed E-state index contributed by atoms with van der Waals surface area (Å²) in [6.07, 6.45) is 1.43. The highest BCUT2D eigenvalue weighted by Crippen LogP contribution is 2.36. The highest BCUT2D eigenvalue weighted by atomic mass is 32.1. The number of nitrogens with one attached hydrogen (secondary N) is 1. The third-order valence-electron chi connectivity index (χ3n) is 2.45. The lowest BCUT2D eigenvalue weighted by Crippen LogP contribution is -2.43. The average Bonchev–Trinajstić information content (AvgIpc) is 2.93. The smallest absolute Gasteiger partial charge is 0.408 e. The van der Waals surface area contributed by atoms with Gasteiger partial charge in [0.15, 0.2) is 0 Å². The Morgan fingerprint density at radius 2 is 1.94 bits per heavy atom. The van der Waals surface area contributed by atoms with E-state index >= 15 is 0 Å². The van der Waals surface area contributed by atoms with Gasteiger partial charge in [0.05, 0.1) is 12.0 Å². The van der Waals surface area contributed by atoms with Gasteiger partial charge in [-0.05, 0) is 33.6 Å². The van der Waals surface area contributed by atoms with Crippen LogP contribution in [-0.2, 0) is 14.3 Å². The molecular weight excluding hydrogens is 254 g/mol. The molecule has 0 saturated heterocycles. The molecule has 1 saturated carbocycles. The number of hydrogen-bond acceptors (Lipinski definition) is 5. The average molecular weight is 275 g/mol. The van der Waals surface area contributed by atoms with Crippen LogP contribution in [0, 0.1) is 0 Å². The molecule has 0 atom stereocenters. The highest BCUT2D eigenvalue weighted by Gasteiger charge is 2.46. The van der Waals surface area contributed by atoms with Crippen molar-refractivity contribution >= 4 is 24.7 Å². The highest BCUT2D eigenvalue weighted by molar-refractivity contribution is 7.80. The van der Waals surface area contributed by atoms with Crippen LogP contribution in [0.15, 0.2) is 0 Å². The maximum Gasteiger partial charge on any atom is 0.408 e. The molecule has 18 heavy (non-hydrogen) atoms. The van der Waals surface area contributed by atoms with Crippen LogP contribution in [0.4, 0.5) is 4.79 Å². The third kappa shape index (κ3) is 5.62. The molecule has 0 unspecified atom stereocenters. The number of alkyl carbamates (subject to hydrolysis) is 1. The molecule has 5 nitrogen and oxygen atoms in total. The zero-order chi connectivity index (χ0) is 13.8. The minimum Gasteiger partial charge on any atom is -0.463 e. The summed E-state index contributed by atoms with van der Waals surface area (Å²) in [6, 6.07) is 0. The number of hydrogen-bond donors (Lipinski definition) is 2. The fourth-order valence-corrected chi connectivity index (χ4v) is 1.54. The fraction of sp³-hybridized carbons (Fsp3) is 0.833. The van der Waals surface area contributed by atoms with Gasteiger partial charge < -0.3 is 14.8 Å². The number of rotatable bonds is 5. The van der Waals surface area contributed by atoms with Gasteiger partial charge in [-0.1, -0.05) is 0 Å². The Morgan fingerprint density at radius 3 is 2.39 bits per heavy atom. The van der Waals surface area contributed by atoms with E-state index in [1.165, 1.54) is 0 Å². The molecule has 0 spiro atoms. The van der Waals surface area contributed by atoms with Crippen LogP contribution in [0.25, 0.3) is 0 Å². The van der Waals surface area contributed by atoms with E-state index in [2.05, 4.69) is 17.9 Å². The van der Waals surface area contributed by atoms with Crippen LogP contribution in [0.5, 0.6) is 0 Å². The lowest BCUT2D eigenvalue weighted by atomic mass is 10.2. The van der Waals surface area contributed by atoms with Crippen LogP contribution in [0.2, 0.25) is 0 Å². The van der Waals surface area contributed by atoms with Gasteiger partial charge in [-0.25, -0.2) is 4.79 Å². The van der Waals surface area contributed by atoms with Gasteiger partial charge in [-0.2, -0.15) is 12.6 Å². The molecule has 1 N–H and O–H groups in total. The Kier molecular flexibility index (Phi) is 4.90. The van der Waals surface area contributed by atoms with E-state index in [1.54, 1.807) is 20.8 Å². The van der Waals surface area contributed by atoms with E-state index in [4.69, 9.17) is 9.47 Å². The lowest BCUT2D eigenvalue weighted by molar-refractivity contribution is -0.144. The van der Waals surface area contributed by atoms with Gasteiger partial charge in [0.1, 0.15) is 12.2 Å². The maximum absolute atomic E-state index is 11.6. The first-order valence-electron chi connectivity index (χ1n) is 6.04. The van der Waals surface area contributed by atoms with E-state index in [0.29, 0.717) is 5.75 Å². The molecule has 104 valence electrons. The minimum absolute atomic E-state index is 0.207. The molecule has 1 fully saturated rings. The lowest BCUT2D eigenvalue weighted by Gasteiger charge is -2.23. The summed E-state index contributed by atoms with van der Waals surface area (Å²) in [5, 5.41) is 2.76. The van der Waals surface area contributed by atoms with Crippen LogP contribution in [0.1, 0.15) is 40.0 Å². The summed E-state index contributed by atoms with van der Waals surface area (Å²) >= 11 is 3.95. The molecule has 0 heterocycles. The van der Waals surface area contributed by atoms with Crippen molar-refractivity contribution in [2.75, 3.05) is 12.4 Å². The van der Waals surface area contributed by atoms with Crippen LogP contribution >= 0.6 is 12.6 Å². The zero-order valence-corrected chi connectivity index (χ0v) is 12.0. The molecule has 1 amide bonds. The topological polar surface area (TPSA) is 64.6 Å². The van der Waals surface area contributed by atoms with E-state index in [0.717, 1.165) is 12.8 Å². The number of esters is 1. The predicted octanol–water partition coefficient (Wildman–Crippen LogP) is 1.91. The van der Waals surface area contributed by atoms with Gasteiger partial charge >= 0.3 is 12.1 Å². The van der Waals surface area contributed by atoms with E-state index in [9.17, 15) is 9.59 Å². The van der Waals surface area contributed by atoms with E-state index < -0.39 is 17.2 Å². The van der Waals surface area contributed by atoms with Crippen molar-refractivity contribution in [2.45, 2.75) is 51.2 Å². The molecule has 0 bridgehead atoms. The predicted molar refractivity (Wildman–Crippen MR) is 70.8 cm³/mol. The number of carbonyl (C=O) groups excluding carboxylic acids is 2. The quantitative estimate of drug-likeness (QED) is 0.594. The SMILES string of the molecule is CC(C)(C)OC(=O)NC1(COC(=O)CCS)CC1. The molecule has 0 aromatic heterocycles. The zero-order valence-electron chi connectivity index (χ0n) is 11.1. The van der Waals surface area contributed by atoms with Gasteiger partial charge in [-0.15, -0.1) is 0 Å². The fourth-order valence-electron chi connectivity index (χ4n) is 1.36. The summed E-state index contributed by atoms with van der Waals surface area (Å²) in [6.45, 7) is 5.62. The molecule has 6 heteroatoms. The Labute approximate surface area is 113 Å². The Bertz CT molecular complexity index is 321. The maximum atomic E-state index is 11.6. The van der Waals surface area contributed by atoms with Gasteiger partial charge in [-0.3, -0.25) is 4.79 Å². The molecule has 0 aromatic rings. The number of carbonyl (C=O) groups is 2. The van der Waals surface area contributed by atoms with Crippen molar-refractivity contribution in [1.29, 1.82) is 0 Å². The molecular formula is C12H21NO4S. The number of amides is 1. The Balaban J connectivity index is 2.32. The van der Waals surface area contributed by atoms with Crippen molar-refractivity contribution in [2.24, 2.45) is 0 Å². The van der Waals surface area contributed by atoms with Gasteiger partial charge in [0.2, 0.25) is 0 Å². The summed E-state index contributed by atoms with van der Waals surface area (Å²) in [4.78, 5) is 22.8. The Hall–Kier alpha value is -0.910. The molecule has 0 radical (unpaired) electrons. The first-order valence-corrected chi connectivity index (χ1v) is 6.67. The Morgan fingerprint density at radius 1 is 1.33 bits per heavy atom. The van der Waals surface area contributed by atoms with Crippen LogP contribution in [0.3, 0.4) is 0 Å². The first kappa shape index (κ1) is 15.1.